The molecule has 0 saturated heterocycles. The summed E-state index contributed by atoms with van der Waals surface area (Å²) in [5.41, 5.74) is 2.66. The molecule has 0 atom stereocenters. The van der Waals surface area contributed by atoms with Gasteiger partial charge in [-0.1, -0.05) is 36.4 Å². The normalized spacial score (nSPS) is 18.3. The molecule has 0 radical (unpaired) electrons. The van der Waals surface area contributed by atoms with Crippen LogP contribution in [0.1, 0.15) is 24.0 Å². The largest absolute Gasteiger partial charge is 0.507 e. The highest BCUT2D eigenvalue weighted by Gasteiger charge is 2.23. The molecule has 1 aliphatic carbocycles. The summed E-state index contributed by atoms with van der Waals surface area (Å²) in [5, 5.41) is 19.6. The zero-order chi connectivity index (χ0) is 15.5. The Balaban J connectivity index is 1.90. The van der Waals surface area contributed by atoms with Crippen LogP contribution in [0.4, 0.5) is 0 Å². The third-order valence-corrected chi connectivity index (χ3v) is 3.78. The Bertz CT molecular complexity index is 719. The van der Waals surface area contributed by atoms with E-state index in [1.54, 1.807) is 48.6 Å². The second kappa shape index (κ2) is 5.90. The lowest BCUT2D eigenvalue weighted by Crippen LogP contribution is -1.95. The molecular weight excluding hydrogens is 276 g/mol. The van der Waals surface area contributed by atoms with Gasteiger partial charge in [-0.15, -0.1) is 0 Å². The molecule has 0 unspecified atom stereocenters. The molecule has 2 aromatic rings. The average Bonchev–Trinajstić information content (AvgIpc) is 2.85. The number of phenols is 2. The van der Waals surface area contributed by atoms with Crippen molar-refractivity contribution < 1.29 is 15.0 Å². The Kier molecular flexibility index (Phi) is 3.79. The van der Waals surface area contributed by atoms with Gasteiger partial charge in [-0.25, -0.2) is 0 Å². The average molecular weight is 292 g/mol. The molecule has 0 aliphatic heterocycles. The number of allylic oxidation sites excluding steroid dienone is 2. The topological polar surface area (TPSA) is 57.5 Å². The Morgan fingerprint density at radius 2 is 1.14 bits per heavy atom. The van der Waals surface area contributed by atoms with Crippen molar-refractivity contribution in [2.45, 2.75) is 12.8 Å². The van der Waals surface area contributed by atoms with Gasteiger partial charge in [-0.3, -0.25) is 4.79 Å². The highest BCUT2D eigenvalue weighted by atomic mass is 16.3. The van der Waals surface area contributed by atoms with Gasteiger partial charge in [0.05, 0.1) is 0 Å². The summed E-state index contributed by atoms with van der Waals surface area (Å²) in [4.78, 5) is 12.4. The summed E-state index contributed by atoms with van der Waals surface area (Å²) in [5.74, 6) is 0.313. The van der Waals surface area contributed by atoms with Crippen molar-refractivity contribution in [1.82, 2.24) is 0 Å². The lowest BCUT2D eigenvalue weighted by Gasteiger charge is -2.01. The first kappa shape index (κ1) is 14.1. The number of phenolic OH excluding ortho intramolecular Hbond substituents is 2. The van der Waals surface area contributed by atoms with Crippen molar-refractivity contribution in [2.75, 3.05) is 0 Å². The van der Waals surface area contributed by atoms with Gasteiger partial charge in [0, 0.05) is 22.3 Å². The van der Waals surface area contributed by atoms with E-state index in [-0.39, 0.29) is 17.3 Å². The molecule has 110 valence electrons. The predicted octanol–water partition coefficient (Wildman–Crippen LogP) is 3.93. The standard InChI is InChI=1S/C19H16O3/c20-17-7-3-1-5-13(17)11-15-9-10-16(19(15)22)12-14-6-2-4-8-18(14)21/h1-8,11-12,20-21H,9-10H2/b15-11-,16-12+. The zero-order valence-corrected chi connectivity index (χ0v) is 12.0. The third kappa shape index (κ3) is 2.79. The lowest BCUT2D eigenvalue weighted by atomic mass is 10.1. The second-order valence-electron chi connectivity index (χ2n) is 5.29. The minimum absolute atomic E-state index is 0.0218. The summed E-state index contributed by atoms with van der Waals surface area (Å²) < 4.78 is 0. The molecular formula is C19H16O3. The van der Waals surface area contributed by atoms with Crippen LogP contribution in [0.25, 0.3) is 12.2 Å². The van der Waals surface area contributed by atoms with Crippen molar-refractivity contribution in [3.05, 3.63) is 70.8 Å². The van der Waals surface area contributed by atoms with E-state index in [9.17, 15) is 15.0 Å². The maximum Gasteiger partial charge on any atom is 0.185 e. The molecule has 0 aromatic heterocycles. The lowest BCUT2D eigenvalue weighted by molar-refractivity contribution is -0.111. The number of Topliss-reactive ketones (excluding diaryl/α,β-unsaturated/α-hetero) is 1. The highest BCUT2D eigenvalue weighted by molar-refractivity contribution is 6.15. The number of aromatic hydroxyl groups is 2. The van der Waals surface area contributed by atoms with Gasteiger partial charge in [0.2, 0.25) is 0 Å². The number of para-hydroxylation sites is 2. The summed E-state index contributed by atoms with van der Waals surface area (Å²) >= 11 is 0. The minimum Gasteiger partial charge on any atom is -0.507 e. The van der Waals surface area contributed by atoms with E-state index in [1.165, 1.54) is 0 Å². The number of carbonyl (C=O) groups is 1. The van der Waals surface area contributed by atoms with Gasteiger partial charge in [0.15, 0.2) is 5.78 Å². The smallest absolute Gasteiger partial charge is 0.185 e. The van der Waals surface area contributed by atoms with Crippen LogP contribution in [0.15, 0.2) is 59.7 Å². The third-order valence-electron chi connectivity index (χ3n) is 3.78. The molecule has 22 heavy (non-hydrogen) atoms. The molecule has 3 rings (SSSR count). The molecule has 0 heterocycles. The van der Waals surface area contributed by atoms with Crippen LogP contribution in [-0.2, 0) is 4.79 Å². The Morgan fingerprint density at radius 3 is 1.55 bits per heavy atom. The zero-order valence-electron chi connectivity index (χ0n) is 12.0. The first-order valence-electron chi connectivity index (χ1n) is 7.17. The number of benzene rings is 2. The molecule has 0 spiro atoms. The van der Waals surface area contributed by atoms with Crippen LogP contribution in [0.3, 0.4) is 0 Å². The molecule has 2 aromatic carbocycles. The Hall–Kier alpha value is -2.81. The van der Waals surface area contributed by atoms with Gasteiger partial charge >= 0.3 is 0 Å². The summed E-state index contributed by atoms with van der Waals surface area (Å²) in [6.45, 7) is 0. The highest BCUT2D eigenvalue weighted by Crippen LogP contribution is 2.32. The van der Waals surface area contributed by atoms with Gasteiger partial charge in [-0.05, 0) is 37.1 Å². The molecule has 0 bridgehead atoms. The molecule has 2 N–H and O–H groups in total. The predicted molar refractivity (Wildman–Crippen MR) is 86.4 cm³/mol. The maximum atomic E-state index is 12.4. The van der Waals surface area contributed by atoms with Crippen LogP contribution >= 0.6 is 0 Å². The van der Waals surface area contributed by atoms with Crippen LogP contribution in [-0.4, -0.2) is 16.0 Å². The fraction of sp³-hybridized carbons (Fsp3) is 0.105. The SMILES string of the molecule is O=C1/C(=C\c2ccccc2O)CC/C1=C\c1ccccc1O. The van der Waals surface area contributed by atoms with Crippen molar-refractivity contribution in [3.63, 3.8) is 0 Å². The number of ketones is 1. The van der Waals surface area contributed by atoms with E-state index in [1.807, 2.05) is 12.1 Å². The van der Waals surface area contributed by atoms with Crippen molar-refractivity contribution in [1.29, 1.82) is 0 Å². The molecule has 1 fully saturated rings. The molecule has 1 aliphatic rings. The van der Waals surface area contributed by atoms with Gasteiger partial charge in [0.1, 0.15) is 11.5 Å². The van der Waals surface area contributed by atoms with Gasteiger partial charge < -0.3 is 10.2 Å². The minimum atomic E-state index is -0.0218. The molecule has 3 nitrogen and oxygen atoms in total. The van der Waals surface area contributed by atoms with Crippen LogP contribution < -0.4 is 0 Å². The van der Waals surface area contributed by atoms with E-state index in [2.05, 4.69) is 0 Å². The molecule has 0 amide bonds. The monoisotopic (exact) mass is 292 g/mol. The quantitative estimate of drug-likeness (QED) is 0.825. The fourth-order valence-corrected chi connectivity index (χ4v) is 2.57. The number of hydrogen-bond acceptors (Lipinski definition) is 3. The van der Waals surface area contributed by atoms with Gasteiger partial charge in [-0.2, -0.15) is 0 Å². The maximum absolute atomic E-state index is 12.4. The second-order valence-corrected chi connectivity index (χ2v) is 5.29. The Labute approximate surface area is 128 Å². The van der Waals surface area contributed by atoms with Crippen LogP contribution in [0, 0.1) is 0 Å². The first-order valence-corrected chi connectivity index (χ1v) is 7.17. The van der Waals surface area contributed by atoms with E-state index in [0.29, 0.717) is 35.1 Å². The van der Waals surface area contributed by atoms with E-state index >= 15 is 0 Å². The van der Waals surface area contributed by atoms with Crippen molar-refractivity contribution in [2.24, 2.45) is 0 Å². The number of hydrogen-bond donors (Lipinski definition) is 2. The van der Waals surface area contributed by atoms with Crippen molar-refractivity contribution in [3.8, 4) is 11.5 Å². The van der Waals surface area contributed by atoms with E-state index < -0.39 is 0 Å². The molecule has 3 heteroatoms. The fourth-order valence-electron chi connectivity index (χ4n) is 2.57. The summed E-state index contributed by atoms with van der Waals surface area (Å²) in [7, 11) is 0. The number of carbonyl (C=O) groups excluding carboxylic acids is 1. The molecule has 1 saturated carbocycles. The van der Waals surface area contributed by atoms with E-state index in [0.717, 1.165) is 0 Å². The number of rotatable bonds is 2. The summed E-state index contributed by atoms with van der Waals surface area (Å²) in [6.07, 6.45) is 4.77. The summed E-state index contributed by atoms with van der Waals surface area (Å²) in [6, 6.07) is 13.9. The van der Waals surface area contributed by atoms with Crippen molar-refractivity contribution >= 4 is 17.9 Å². The van der Waals surface area contributed by atoms with E-state index in [4.69, 9.17) is 0 Å². The van der Waals surface area contributed by atoms with Crippen LogP contribution in [0.2, 0.25) is 0 Å². The first-order chi connectivity index (χ1) is 10.6. The van der Waals surface area contributed by atoms with Crippen LogP contribution in [0.5, 0.6) is 11.5 Å². The Morgan fingerprint density at radius 1 is 0.727 bits per heavy atom. The van der Waals surface area contributed by atoms with Gasteiger partial charge in [0.25, 0.3) is 0 Å².